The van der Waals surface area contributed by atoms with Crippen molar-refractivity contribution >= 4 is 5.78 Å². The standard InChI is InChI=1S/C12H20O2/c1-10(2)8(13)7-9(14)11(3,4)12(10,5)6/h7,13H,1-6H3. The minimum absolute atomic E-state index is 0.0133. The third-order valence-electron chi connectivity index (χ3n) is 4.65. The van der Waals surface area contributed by atoms with Crippen molar-refractivity contribution in [2.45, 2.75) is 41.5 Å². The molecule has 0 aromatic carbocycles. The molecule has 1 rings (SSSR count). The molecule has 0 fully saturated rings. The summed E-state index contributed by atoms with van der Waals surface area (Å²) in [6.07, 6.45) is 1.38. The fourth-order valence-corrected chi connectivity index (χ4v) is 1.89. The second-order valence-corrected chi connectivity index (χ2v) is 5.77. The third kappa shape index (κ3) is 1.06. The van der Waals surface area contributed by atoms with E-state index in [0.717, 1.165) is 0 Å². The van der Waals surface area contributed by atoms with Crippen LogP contribution >= 0.6 is 0 Å². The molecule has 0 saturated carbocycles. The number of carbonyl (C=O) groups is 1. The van der Waals surface area contributed by atoms with E-state index in [0.29, 0.717) is 0 Å². The lowest BCUT2D eigenvalue weighted by Crippen LogP contribution is -2.52. The fraction of sp³-hybridized carbons (Fsp3) is 0.750. The molecule has 0 aromatic rings. The molecule has 0 spiro atoms. The van der Waals surface area contributed by atoms with Gasteiger partial charge in [0.25, 0.3) is 0 Å². The molecular formula is C12H20O2. The van der Waals surface area contributed by atoms with Gasteiger partial charge in [-0.15, -0.1) is 0 Å². The second-order valence-electron chi connectivity index (χ2n) is 5.77. The van der Waals surface area contributed by atoms with Gasteiger partial charge >= 0.3 is 0 Å². The molecule has 1 aliphatic carbocycles. The van der Waals surface area contributed by atoms with E-state index in [-0.39, 0.29) is 22.4 Å². The lowest BCUT2D eigenvalue weighted by atomic mass is 9.50. The Hall–Kier alpha value is -0.790. The molecule has 2 heteroatoms. The van der Waals surface area contributed by atoms with Gasteiger partial charge in [-0.25, -0.2) is 0 Å². The van der Waals surface area contributed by atoms with Gasteiger partial charge in [-0.05, 0) is 5.41 Å². The molecule has 0 aliphatic heterocycles. The van der Waals surface area contributed by atoms with E-state index in [2.05, 4.69) is 0 Å². The molecule has 0 aromatic heterocycles. The zero-order valence-electron chi connectivity index (χ0n) is 9.93. The minimum Gasteiger partial charge on any atom is -0.512 e. The summed E-state index contributed by atoms with van der Waals surface area (Å²) < 4.78 is 0. The summed E-state index contributed by atoms with van der Waals surface area (Å²) in [7, 11) is 0. The van der Waals surface area contributed by atoms with Crippen LogP contribution in [-0.4, -0.2) is 10.9 Å². The van der Waals surface area contributed by atoms with Crippen molar-refractivity contribution in [1.29, 1.82) is 0 Å². The normalized spacial score (nSPS) is 28.4. The van der Waals surface area contributed by atoms with Crippen LogP contribution in [0.3, 0.4) is 0 Å². The summed E-state index contributed by atoms with van der Waals surface area (Å²) in [6.45, 7) is 11.9. The number of allylic oxidation sites excluding steroid dienone is 2. The van der Waals surface area contributed by atoms with Crippen LogP contribution in [-0.2, 0) is 4.79 Å². The van der Waals surface area contributed by atoms with Crippen molar-refractivity contribution in [1.82, 2.24) is 0 Å². The molecule has 2 nitrogen and oxygen atoms in total. The highest BCUT2D eigenvalue weighted by Gasteiger charge is 2.56. The zero-order chi connectivity index (χ0) is 11.4. The summed E-state index contributed by atoms with van der Waals surface area (Å²) in [4.78, 5) is 11.8. The molecule has 0 amide bonds. The molecule has 0 bridgehead atoms. The van der Waals surface area contributed by atoms with Crippen molar-refractivity contribution in [2.75, 3.05) is 0 Å². The van der Waals surface area contributed by atoms with Gasteiger partial charge in [-0.1, -0.05) is 41.5 Å². The van der Waals surface area contributed by atoms with Crippen LogP contribution < -0.4 is 0 Å². The lowest BCUT2D eigenvalue weighted by Gasteiger charge is -2.53. The van der Waals surface area contributed by atoms with Crippen molar-refractivity contribution in [3.05, 3.63) is 11.8 Å². The minimum atomic E-state index is -0.428. The average molecular weight is 196 g/mol. The van der Waals surface area contributed by atoms with Crippen LogP contribution in [0.5, 0.6) is 0 Å². The molecular weight excluding hydrogens is 176 g/mol. The lowest BCUT2D eigenvalue weighted by molar-refractivity contribution is -0.137. The van der Waals surface area contributed by atoms with E-state index >= 15 is 0 Å². The number of aliphatic hydroxyl groups excluding tert-OH is 1. The van der Waals surface area contributed by atoms with Crippen molar-refractivity contribution in [3.63, 3.8) is 0 Å². The van der Waals surface area contributed by atoms with E-state index in [1.54, 1.807) is 0 Å². The molecule has 0 saturated heterocycles. The van der Waals surface area contributed by atoms with E-state index < -0.39 is 5.41 Å². The Morgan fingerprint density at radius 2 is 1.43 bits per heavy atom. The first kappa shape index (κ1) is 11.3. The molecule has 1 aliphatic rings. The molecule has 0 radical (unpaired) electrons. The van der Waals surface area contributed by atoms with Gasteiger partial charge in [0.05, 0.1) is 0 Å². The summed E-state index contributed by atoms with van der Waals surface area (Å²) in [5.41, 5.74) is -1.04. The number of rotatable bonds is 0. The largest absolute Gasteiger partial charge is 0.512 e. The predicted octanol–water partition coefficient (Wildman–Crippen LogP) is 3.09. The number of hydrogen-bond acceptors (Lipinski definition) is 2. The Morgan fingerprint density at radius 1 is 1.00 bits per heavy atom. The van der Waals surface area contributed by atoms with Crippen LogP contribution in [0.25, 0.3) is 0 Å². The van der Waals surface area contributed by atoms with Gasteiger partial charge in [0.15, 0.2) is 5.78 Å². The van der Waals surface area contributed by atoms with Gasteiger partial charge in [0.1, 0.15) is 5.76 Å². The molecule has 14 heavy (non-hydrogen) atoms. The smallest absolute Gasteiger partial charge is 0.165 e. The Kier molecular flexibility index (Phi) is 2.11. The number of aliphatic hydroxyl groups is 1. The van der Waals surface area contributed by atoms with Gasteiger partial charge < -0.3 is 5.11 Å². The first-order valence-electron chi connectivity index (χ1n) is 5.01. The van der Waals surface area contributed by atoms with Crippen LogP contribution in [0, 0.1) is 16.2 Å². The van der Waals surface area contributed by atoms with Crippen molar-refractivity contribution < 1.29 is 9.90 Å². The van der Waals surface area contributed by atoms with Crippen LogP contribution in [0.15, 0.2) is 11.8 Å². The molecule has 0 heterocycles. The summed E-state index contributed by atoms with van der Waals surface area (Å²) in [5.74, 6) is 0.214. The van der Waals surface area contributed by atoms with E-state index in [1.165, 1.54) is 6.08 Å². The molecule has 1 N–H and O–H groups in total. The second kappa shape index (κ2) is 2.62. The average Bonchev–Trinajstić information content (AvgIpc) is 2.01. The predicted molar refractivity (Wildman–Crippen MR) is 57.1 cm³/mol. The maximum absolute atomic E-state index is 11.8. The molecule has 0 atom stereocenters. The first-order chi connectivity index (χ1) is 6.05. The SMILES string of the molecule is CC1(C)C(=O)C=C(O)C(C)(C)C1(C)C. The highest BCUT2D eigenvalue weighted by molar-refractivity contribution is 5.96. The number of ketones is 1. The van der Waals surface area contributed by atoms with Gasteiger partial charge in [0, 0.05) is 16.9 Å². The van der Waals surface area contributed by atoms with Gasteiger partial charge in [-0.2, -0.15) is 0 Å². The Balaban J connectivity index is 3.42. The van der Waals surface area contributed by atoms with Crippen LogP contribution in [0.2, 0.25) is 0 Å². The first-order valence-corrected chi connectivity index (χ1v) is 5.01. The Bertz CT molecular complexity index is 306. The maximum Gasteiger partial charge on any atom is 0.165 e. The Morgan fingerprint density at radius 3 is 1.86 bits per heavy atom. The topological polar surface area (TPSA) is 37.3 Å². The van der Waals surface area contributed by atoms with E-state index in [9.17, 15) is 9.90 Å². The summed E-state index contributed by atoms with van der Waals surface area (Å²) >= 11 is 0. The number of carbonyl (C=O) groups excluding carboxylic acids is 1. The quantitative estimate of drug-likeness (QED) is 0.646. The monoisotopic (exact) mass is 196 g/mol. The van der Waals surface area contributed by atoms with Crippen LogP contribution in [0.4, 0.5) is 0 Å². The van der Waals surface area contributed by atoms with Gasteiger partial charge in [0.2, 0.25) is 0 Å². The Labute approximate surface area is 86.0 Å². The summed E-state index contributed by atoms with van der Waals surface area (Å²) in [5, 5.41) is 9.82. The highest BCUT2D eigenvalue weighted by atomic mass is 16.3. The van der Waals surface area contributed by atoms with E-state index in [1.807, 2.05) is 41.5 Å². The molecule has 0 unspecified atom stereocenters. The maximum atomic E-state index is 11.8. The van der Waals surface area contributed by atoms with Gasteiger partial charge in [-0.3, -0.25) is 4.79 Å². The number of hydrogen-bond donors (Lipinski definition) is 1. The van der Waals surface area contributed by atoms with E-state index in [4.69, 9.17) is 0 Å². The molecule has 80 valence electrons. The zero-order valence-corrected chi connectivity index (χ0v) is 9.93. The summed E-state index contributed by atoms with van der Waals surface area (Å²) in [6, 6.07) is 0. The van der Waals surface area contributed by atoms with Crippen molar-refractivity contribution in [3.8, 4) is 0 Å². The van der Waals surface area contributed by atoms with Crippen molar-refractivity contribution in [2.24, 2.45) is 16.2 Å². The fourth-order valence-electron chi connectivity index (χ4n) is 1.89. The van der Waals surface area contributed by atoms with Crippen LogP contribution in [0.1, 0.15) is 41.5 Å². The third-order valence-corrected chi connectivity index (χ3v) is 4.65. The highest BCUT2D eigenvalue weighted by Crippen LogP contribution is 2.57.